The van der Waals surface area contributed by atoms with E-state index in [2.05, 4.69) is 4.98 Å². The van der Waals surface area contributed by atoms with Crippen LogP contribution in [0.25, 0.3) is 11.3 Å². The highest BCUT2D eigenvalue weighted by Gasteiger charge is 2.20. The highest BCUT2D eigenvalue weighted by atomic mass is 16.6. The SMILES string of the molecule is COc1ccc(OC(=O)CCc2ncc(-c3ccc(C)cc3)o2)c([N+](=O)[O-])c1. The third kappa shape index (κ3) is 4.53. The molecule has 0 aliphatic rings. The Morgan fingerprint density at radius 3 is 2.64 bits per heavy atom. The van der Waals surface area contributed by atoms with Crippen LogP contribution < -0.4 is 9.47 Å². The fourth-order valence-corrected chi connectivity index (χ4v) is 2.51. The van der Waals surface area contributed by atoms with Gasteiger partial charge in [-0.05, 0) is 19.1 Å². The molecular weight excluding hydrogens is 364 g/mol. The summed E-state index contributed by atoms with van der Waals surface area (Å²) in [6, 6.07) is 11.8. The van der Waals surface area contributed by atoms with Crippen LogP contribution in [-0.4, -0.2) is 23.0 Å². The maximum absolute atomic E-state index is 12.1. The number of carbonyl (C=O) groups is 1. The van der Waals surface area contributed by atoms with Crippen molar-refractivity contribution in [3.05, 3.63) is 70.2 Å². The third-order valence-corrected chi connectivity index (χ3v) is 4.02. The van der Waals surface area contributed by atoms with Crippen molar-refractivity contribution in [3.63, 3.8) is 0 Å². The fourth-order valence-electron chi connectivity index (χ4n) is 2.51. The Labute approximate surface area is 160 Å². The number of nitrogens with zero attached hydrogens (tertiary/aromatic N) is 2. The van der Waals surface area contributed by atoms with E-state index < -0.39 is 10.9 Å². The topological polar surface area (TPSA) is 105 Å². The van der Waals surface area contributed by atoms with Crippen molar-refractivity contribution in [1.29, 1.82) is 0 Å². The van der Waals surface area contributed by atoms with Gasteiger partial charge in [0.1, 0.15) is 5.75 Å². The summed E-state index contributed by atoms with van der Waals surface area (Å²) in [4.78, 5) is 26.8. The summed E-state index contributed by atoms with van der Waals surface area (Å²) in [5.74, 6) is 0.535. The number of aromatic nitrogens is 1. The Bertz CT molecular complexity index is 994. The number of ether oxygens (including phenoxy) is 2. The van der Waals surface area contributed by atoms with Crippen molar-refractivity contribution in [2.24, 2.45) is 0 Å². The molecule has 8 heteroatoms. The molecule has 0 fully saturated rings. The van der Waals surface area contributed by atoms with Crippen LogP contribution in [0.5, 0.6) is 11.5 Å². The lowest BCUT2D eigenvalue weighted by Gasteiger charge is -2.06. The van der Waals surface area contributed by atoms with Crippen LogP contribution in [0.2, 0.25) is 0 Å². The Kier molecular flexibility index (Phi) is 5.69. The monoisotopic (exact) mass is 382 g/mol. The zero-order chi connectivity index (χ0) is 20.1. The summed E-state index contributed by atoms with van der Waals surface area (Å²) in [6.07, 6.45) is 1.78. The summed E-state index contributed by atoms with van der Waals surface area (Å²) < 4.78 is 15.7. The van der Waals surface area contributed by atoms with Gasteiger partial charge in [-0.2, -0.15) is 0 Å². The maximum atomic E-state index is 12.1. The van der Waals surface area contributed by atoms with Gasteiger partial charge in [-0.15, -0.1) is 0 Å². The number of hydrogen-bond acceptors (Lipinski definition) is 7. The summed E-state index contributed by atoms with van der Waals surface area (Å²) in [5, 5.41) is 11.1. The lowest BCUT2D eigenvalue weighted by atomic mass is 10.1. The van der Waals surface area contributed by atoms with Crippen LogP contribution in [0.3, 0.4) is 0 Å². The van der Waals surface area contributed by atoms with Crippen LogP contribution in [0, 0.1) is 17.0 Å². The first kappa shape index (κ1) is 19.1. The van der Waals surface area contributed by atoms with Gasteiger partial charge < -0.3 is 13.9 Å². The molecule has 0 amide bonds. The number of esters is 1. The van der Waals surface area contributed by atoms with Gasteiger partial charge in [0.25, 0.3) is 0 Å². The zero-order valence-electron chi connectivity index (χ0n) is 15.4. The Morgan fingerprint density at radius 2 is 1.96 bits per heavy atom. The standard InChI is InChI=1S/C20H18N2O6/c1-13-3-5-14(6-4-13)18-12-21-19(27-18)9-10-20(23)28-17-8-7-15(26-2)11-16(17)22(24)25/h3-8,11-12H,9-10H2,1-2H3. The second-order valence-corrected chi connectivity index (χ2v) is 6.05. The molecule has 0 radical (unpaired) electrons. The summed E-state index contributed by atoms with van der Waals surface area (Å²) in [5.41, 5.74) is 1.69. The van der Waals surface area contributed by atoms with Crippen molar-refractivity contribution >= 4 is 11.7 Å². The molecule has 1 aromatic heterocycles. The van der Waals surface area contributed by atoms with Gasteiger partial charge >= 0.3 is 11.7 Å². The first-order chi connectivity index (χ1) is 13.5. The first-order valence-electron chi connectivity index (χ1n) is 8.51. The molecule has 0 bridgehead atoms. The van der Waals surface area contributed by atoms with Crippen LogP contribution in [0.15, 0.2) is 53.1 Å². The predicted octanol–water partition coefficient (Wildman–Crippen LogP) is 4.11. The van der Waals surface area contributed by atoms with E-state index in [0.717, 1.165) is 11.1 Å². The van der Waals surface area contributed by atoms with E-state index in [9.17, 15) is 14.9 Å². The molecule has 28 heavy (non-hydrogen) atoms. The average Bonchev–Trinajstić information content (AvgIpc) is 3.16. The van der Waals surface area contributed by atoms with Gasteiger partial charge in [-0.3, -0.25) is 14.9 Å². The minimum absolute atomic E-state index is 0.0307. The molecule has 0 aliphatic carbocycles. The summed E-state index contributed by atoms with van der Waals surface area (Å²) in [6.45, 7) is 1.99. The van der Waals surface area contributed by atoms with E-state index >= 15 is 0 Å². The van der Waals surface area contributed by atoms with Gasteiger partial charge in [-0.1, -0.05) is 29.8 Å². The molecular formula is C20H18N2O6. The number of rotatable bonds is 7. The van der Waals surface area contributed by atoms with Crippen molar-refractivity contribution in [1.82, 2.24) is 4.98 Å². The van der Waals surface area contributed by atoms with Gasteiger partial charge in [0.15, 0.2) is 11.7 Å². The largest absolute Gasteiger partial charge is 0.496 e. The lowest BCUT2D eigenvalue weighted by Crippen LogP contribution is -2.10. The molecule has 0 unspecified atom stereocenters. The Hall–Kier alpha value is -3.68. The van der Waals surface area contributed by atoms with E-state index in [1.165, 1.54) is 25.3 Å². The molecule has 2 aromatic carbocycles. The molecule has 0 atom stereocenters. The number of hydrogen-bond donors (Lipinski definition) is 0. The molecule has 0 N–H and O–H groups in total. The van der Waals surface area contributed by atoms with Gasteiger partial charge in [0.2, 0.25) is 5.75 Å². The number of aryl methyl sites for hydroxylation is 2. The number of nitro benzene ring substituents is 1. The Morgan fingerprint density at radius 1 is 1.21 bits per heavy atom. The zero-order valence-corrected chi connectivity index (χ0v) is 15.4. The molecule has 1 heterocycles. The third-order valence-electron chi connectivity index (χ3n) is 4.02. The molecule has 8 nitrogen and oxygen atoms in total. The number of methoxy groups -OCH3 is 1. The molecule has 0 spiro atoms. The van der Waals surface area contributed by atoms with Crippen LogP contribution in [0.1, 0.15) is 17.9 Å². The molecule has 0 saturated heterocycles. The van der Waals surface area contributed by atoms with Gasteiger partial charge in [0.05, 0.1) is 30.7 Å². The van der Waals surface area contributed by atoms with E-state index in [1.54, 1.807) is 6.20 Å². The average molecular weight is 382 g/mol. The second-order valence-electron chi connectivity index (χ2n) is 6.05. The Balaban J connectivity index is 1.62. The van der Waals surface area contributed by atoms with E-state index in [-0.39, 0.29) is 24.3 Å². The van der Waals surface area contributed by atoms with Crippen molar-refractivity contribution in [2.75, 3.05) is 7.11 Å². The number of nitro groups is 1. The quantitative estimate of drug-likeness (QED) is 0.262. The number of carbonyl (C=O) groups excluding carboxylic acids is 1. The lowest BCUT2D eigenvalue weighted by molar-refractivity contribution is -0.385. The van der Waals surface area contributed by atoms with E-state index in [1.807, 2.05) is 31.2 Å². The molecule has 3 rings (SSSR count). The molecule has 3 aromatic rings. The van der Waals surface area contributed by atoms with Crippen molar-refractivity contribution in [3.8, 4) is 22.8 Å². The van der Waals surface area contributed by atoms with E-state index in [0.29, 0.717) is 17.4 Å². The van der Waals surface area contributed by atoms with Gasteiger partial charge in [-0.25, -0.2) is 4.98 Å². The minimum Gasteiger partial charge on any atom is -0.496 e. The van der Waals surface area contributed by atoms with Gasteiger partial charge in [0, 0.05) is 12.0 Å². The van der Waals surface area contributed by atoms with Crippen LogP contribution >= 0.6 is 0 Å². The maximum Gasteiger partial charge on any atom is 0.315 e. The molecule has 0 aliphatic heterocycles. The molecule has 0 saturated carbocycles. The summed E-state index contributed by atoms with van der Waals surface area (Å²) >= 11 is 0. The predicted molar refractivity (Wildman–Crippen MR) is 100 cm³/mol. The number of benzene rings is 2. The van der Waals surface area contributed by atoms with Crippen molar-refractivity contribution < 1.29 is 23.6 Å². The second kappa shape index (κ2) is 8.34. The molecule has 144 valence electrons. The minimum atomic E-state index is -0.632. The first-order valence-corrected chi connectivity index (χ1v) is 8.51. The van der Waals surface area contributed by atoms with Crippen LogP contribution in [-0.2, 0) is 11.2 Å². The number of oxazole rings is 1. The van der Waals surface area contributed by atoms with E-state index in [4.69, 9.17) is 13.9 Å². The fraction of sp³-hybridized carbons (Fsp3) is 0.200. The highest BCUT2D eigenvalue weighted by Crippen LogP contribution is 2.31. The van der Waals surface area contributed by atoms with Crippen molar-refractivity contribution in [2.45, 2.75) is 19.8 Å². The summed E-state index contributed by atoms with van der Waals surface area (Å²) in [7, 11) is 1.39. The smallest absolute Gasteiger partial charge is 0.315 e. The van der Waals surface area contributed by atoms with Crippen LogP contribution in [0.4, 0.5) is 5.69 Å². The highest BCUT2D eigenvalue weighted by molar-refractivity contribution is 5.74. The normalized spacial score (nSPS) is 10.5.